The number of amides is 1. The third-order valence-corrected chi connectivity index (χ3v) is 5.82. The van der Waals surface area contributed by atoms with Crippen LogP contribution in [0.1, 0.15) is 18.1 Å². The molecule has 0 saturated carbocycles. The molecule has 4 rings (SSSR count). The normalized spacial score (nSPS) is 17.2. The first kappa shape index (κ1) is 21.4. The standard InChI is InChI=1S/C25H30N2O4/c1-19(16-26-11-13-30-14-12-26)27(17-20-7-4-3-5-8-20)25(28)22-15-21-9-6-10-23(29-2)24(21)31-18-22/h3-10,15,19H,11-14,16-18H2,1-2H3. The summed E-state index contributed by atoms with van der Waals surface area (Å²) in [5, 5.41) is 0. The molecular weight excluding hydrogens is 392 g/mol. The zero-order valence-corrected chi connectivity index (χ0v) is 18.3. The van der Waals surface area contributed by atoms with Crippen molar-refractivity contribution in [3.8, 4) is 11.5 Å². The van der Waals surface area contributed by atoms with Crippen LogP contribution in [0, 0.1) is 0 Å². The molecule has 2 aliphatic heterocycles. The summed E-state index contributed by atoms with van der Waals surface area (Å²) in [4.78, 5) is 18.0. The lowest BCUT2D eigenvalue weighted by molar-refractivity contribution is -0.130. The van der Waals surface area contributed by atoms with Crippen molar-refractivity contribution in [3.63, 3.8) is 0 Å². The second kappa shape index (κ2) is 9.98. The minimum absolute atomic E-state index is 0.0121. The molecule has 2 aromatic carbocycles. The van der Waals surface area contributed by atoms with Crippen LogP contribution in [0.2, 0.25) is 0 Å². The van der Waals surface area contributed by atoms with Crippen molar-refractivity contribution < 1.29 is 19.0 Å². The molecular formula is C25H30N2O4. The van der Waals surface area contributed by atoms with E-state index in [2.05, 4.69) is 24.0 Å². The summed E-state index contributed by atoms with van der Waals surface area (Å²) in [7, 11) is 1.62. The molecule has 1 unspecified atom stereocenters. The fraction of sp³-hybridized carbons (Fsp3) is 0.400. The molecule has 1 saturated heterocycles. The summed E-state index contributed by atoms with van der Waals surface area (Å²) < 4.78 is 16.8. The topological polar surface area (TPSA) is 51.2 Å². The Balaban J connectivity index is 1.57. The Morgan fingerprint density at radius 3 is 2.65 bits per heavy atom. The van der Waals surface area contributed by atoms with E-state index in [0.29, 0.717) is 23.6 Å². The fourth-order valence-electron chi connectivity index (χ4n) is 4.11. The summed E-state index contributed by atoms with van der Waals surface area (Å²) in [5.74, 6) is 1.39. The van der Waals surface area contributed by atoms with Crippen molar-refractivity contribution in [3.05, 3.63) is 65.2 Å². The Hall–Kier alpha value is -2.83. The maximum absolute atomic E-state index is 13.7. The minimum Gasteiger partial charge on any atom is -0.493 e. The summed E-state index contributed by atoms with van der Waals surface area (Å²) in [6.45, 7) is 7.04. The number of morpholine rings is 1. The lowest BCUT2D eigenvalue weighted by atomic mass is 10.0. The van der Waals surface area contributed by atoms with Crippen LogP contribution in [0.5, 0.6) is 11.5 Å². The molecule has 2 heterocycles. The molecule has 1 atom stereocenters. The summed E-state index contributed by atoms with van der Waals surface area (Å²) in [6.07, 6.45) is 1.93. The third-order valence-electron chi connectivity index (χ3n) is 5.82. The van der Waals surface area contributed by atoms with E-state index in [1.54, 1.807) is 7.11 Å². The maximum atomic E-state index is 13.7. The van der Waals surface area contributed by atoms with Crippen LogP contribution in [0.4, 0.5) is 0 Å². The van der Waals surface area contributed by atoms with Gasteiger partial charge in [-0.15, -0.1) is 0 Å². The van der Waals surface area contributed by atoms with Crippen LogP contribution >= 0.6 is 0 Å². The number of fused-ring (bicyclic) bond motifs is 1. The molecule has 2 aliphatic rings. The van der Waals surface area contributed by atoms with E-state index >= 15 is 0 Å². The maximum Gasteiger partial charge on any atom is 0.253 e. The second-order valence-corrected chi connectivity index (χ2v) is 8.02. The van der Waals surface area contributed by atoms with Crippen molar-refractivity contribution in [2.45, 2.75) is 19.5 Å². The Labute approximate surface area is 184 Å². The van der Waals surface area contributed by atoms with Gasteiger partial charge in [-0.2, -0.15) is 0 Å². The molecule has 6 heteroatoms. The van der Waals surface area contributed by atoms with Crippen LogP contribution in [0.15, 0.2) is 54.1 Å². The molecule has 0 spiro atoms. The van der Waals surface area contributed by atoms with Crippen LogP contribution in [0.25, 0.3) is 6.08 Å². The van der Waals surface area contributed by atoms with Gasteiger partial charge in [0.05, 0.1) is 25.9 Å². The van der Waals surface area contributed by atoms with Gasteiger partial charge in [0.25, 0.3) is 5.91 Å². The molecule has 0 bridgehead atoms. The van der Waals surface area contributed by atoms with Gasteiger partial charge >= 0.3 is 0 Å². The van der Waals surface area contributed by atoms with E-state index in [1.807, 2.05) is 47.4 Å². The van der Waals surface area contributed by atoms with Gasteiger partial charge in [0.2, 0.25) is 0 Å². The van der Waals surface area contributed by atoms with Gasteiger partial charge in [-0.25, -0.2) is 0 Å². The fourth-order valence-corrected chi connectivity index (χ4v) is 4.11. The van der Waals surface area contributed by atoms with Gasteiger partial charge in [-0.3, -0.25) is 9.69 Å². The number of benzene rings is 2. The van der Waals surface area contributed by atoms with Gasteiger partial charge in [0.15, 0.2) is 11.5 Å². The number of para-hydroxylation sites is 1. The van der Waals surface area contributed by atoms with Crippen LogP contribution in [-0.2, 0) is 16.1 Å². The highest BCUT2D eigenvalue weighted by molar-refractivity contribution is 5.99. The highest BCUT2D eigenvalue weighted by Crippen LogP contribution is 2.36. The number of hydrogen-bond acceptors (Lipinski definition) is 5. The van der Waals surface area contributed by atoms with Crippen molar-refractivity contribution in [2.75, 3.05) is 46.6 Å². The van der Waals surface area contributed by atoms with Crippen LogP contribution in [0.3, 0.4) is 0 Å². The van der Waals surface area contributed by atoms with Crippen molar-refractivity contribution in [1.82, 2.24) is 9.80 Å². The molecule has 1 amide bonds. The van der Waals surface area contributed by atoms with E-state index in [9.17, 15) is 4.79 Å². The van der Waals surface area contributed by atoms with Gasteiger partial charge < -0.3 is 19.1 Å². The van der Waals surface area contributed by atoms with E-state index in [1.165, 1.54) is 0 Å². The molecule has 0 aliphatic carbocycles. The molecule has 0 radical (unpaired) electrons. The van der Waals surface area contributed by atoms with Gasteiger partial charge in [-0.05, 0) is 24.6 Å². The third kappa shape index (κ3) is 5.09. The Morgan fingerprint density at radius 2 is 1.90 bits per heavy atom. The number of ether oxygens (including phenoxy) is 3. The predicted octanol–water partition coefficient (Wildman–Crippen LogP) is 3.22. The zero-order chi connectivity index (χ0) is 21.6. The smallest absolute Gasteiger partial charge is 0.253 e. The molecule has 31 heavy (non-hydrogen) atoms. The Bertz CT molecular complexity index is 922. The number of methoxy groups -OCH3 is 1. The van der Waals surface area contributed by atoms with Crippen LogP contribution in [-0.4, -0.2) is 68.3 Å². The lowest BCUT2D eigenvalue weighted by Gasteiger charge is -2.36. The molecule has 1 fully saturated rings. The number of carbonyl (C=O) groups is 1. The zero-order valence-electron chi connectivity index (χ0n) is 18.3. The van der Waals surface area contributed by atoms with E-state index in [0.717, 1.165) is 44.0 Å². The van der Waals surface area contributed by atoms with E-state index in [-0.39, 0.29) is 18.6 Å². The number of carbonyl (C=O) groups excluding carboxylic acids is 1. The molecule has 164 valence electrons. The highest BCUT2D eigenvalue weighted by atomic mass is 16.5. The minimum atomic E-state index is 0.0121. The van der Waals surface area contributed by atoms with E-state index < -0.39 is 0 Å². The number of rotatable bonds is 7. The van der Waals surface area contributed by atoms with Crippen molar-refractivity contribution >= 4 is 12.0 Å². The summed E-state index contributed by atoms with van der Waals surface area (Å²) in [6, 6.07) is 15.9. The first-order valence-electron chi connectivity index (χ1n) is 10.8. The summed E-state index contributed by atoms with van der Waals surface area (Å²) in [5.41, 5.74) is 2.64. The van der Waals surface area contributed by atoms with Gasteiger partial charge in [-0.1, -0.05) is 42.5 Å². The van der Waals surface area contributed by atoms with Crippen molar-refractivity contribution in [1.29, 1.82) is 0 Å². The van der Waals surface area contributed by atoms with E-state index in [4.69, 9.17) is 14.2 Å². The Kier molecular flexibility index (Phi) is 6.89. The quantitative estimate of drug-likeness (QED) is 0.686. The Morgan fingerprint density at radius 1 is 1.13 bits per heavy atom. The first-order valence-corrected chi connectivity index (χ1v) is 10.8. The molecule has 0 N–H and O–H groups in total. The summed E-state index contributed by atoms with van der Waals surface area (Å²) >= 11 is 0. The molecule has 6 nitrogen and oxygen atoms in total. The molecule has 2 aromatic rings. The second-order valence-electron chi connectivity index (χ2n) is 8.02. The monoisotopic (exact) mass is 422 g/mol. The molecule has 0 aromatic heterocycles. The average Bonchev–Trinajstić information content (AvgIpc) is 2.82. The number of hydrogen-bond donors (Lipinski definition) is 0. The van der Waals surface area contributed by atoms with Crippen LogP contribution < -0.4 is 9.47 Å². The predicted molar refractivity (Wildman–Crippen MR) is 120 cm³/mol. The lowest BCUT2D eigenvalue weighted by Crippen LogP contribution is -2.48. The van der Waals surface area contributed by atoms with Gasteiger partial charge in [0, 0.05) is 37.8 Å². The SMILES string of the molecule is COc1cccc2c1OCC(C(=O)N(Cc1ccccc1)C(C)CN1CCOCC1)=C2. The average molecular weight is 423 g/mol. The highest BCUT2D eigenvalue weighted by Gasteiger charge is 2.28. The van der Waals surface area contributed by atoms with Crippen molar-refractivity contribution in [2.24, 2.45) is 0 Å². The van der Waals surface area contributed by atoms with Gasteiger partial charge in [0.1, 0.15) is 6.61 Å². The first-order chi connectivity index (χ1) is 15.2. The largest absolute Gasteiger partial charge is 0.493 e. The number of nitrogens with zero attached hydrogens (tertiary/aromatic N) is 2.